The highest BCUT2D eigenvalue weighted by atomic mass is 127. The van der Waals surface area contributed by atoms with E-state index in [2.05, 4.69) is 22.6 Å². The first kappa shape index (κ1) is 12.5. The Balaban J connectivity index is 2.01. The van der Waals surface area contributed by atoms with Crippen LogP contribution in [0.2, 0.25) is 0 Å². The molecule has 3 nitrogen and oxygen atoms in total. The summed E-state index contributed by atoms with van der Waals surface area (Å²) >= 11 is 2.48. The van der Waals surface area contributed by atoms with Gasteiger partial charge in [0, 0.05) is 16.0 Å². The number of hydrogen-bond donors (Lipinski definition) is 0. The van der Waals surface area contributed by atoms with Crippen LogP contribution in [0.3, 0.4) is 0 Å². The second-order valence-corrected chi connectivity index (χ2v) is 7.73. The molecule has 1 aliphatic heterocycles. The molecule has 0 atom stereocenters. The summed E-state index contributed by atoms with van der Waals surface area (Å²) in [6.45, 7) is 6.65. The second kappa shape index (κ2) is 4.03. The lowest BCUT2D eigenvalue weighted by Gasteiger charge is -2.48. The maximum atomic E-state index is 12.1. The quantitative estimate of drug-likeness (QED) is 0.501. The molecule has 1 saturated heterocycles. The molecule has 1 aliphatic carbocycles. The molecule has 1 spiro atoms. The zero-order valence-corrected chi connectivity index (χ0v) is 12.4. The van der Waals surface area contributed by atoms with Crippen molar-refractivity contribution in [2.75, 3.05) is 6.54 Å². The minimum Gasteiger partial charge on any atom is -0.444 e. The highest BCUT2D eigenvalue weighted by Crippen LogP contribution is 2.49. The smallest absolute Gasteiger partial charge is 0.410 e. The van der Waals surface area contributed by atoms with E-state index in [1.54, 1.807) is 0 Å². The third kappa shape index (κ3) is 2.31. The van der Waals surface area contributed by atoms with Gasteiger partial charge in [0.25, 0.3) is 0 Å². The first-order valence-electron chi connectivity index (χ1n) is 5.97. The maximum Gasteiger partial charge on any atom is 0.410 e. The summed E-state index contributed by atoms with van der Waals surface area (Å²) in [6, 6.07) is 0. The molecule has 0 bridgehead atoms. The van der Waals surface area contributed by atoms with Crippen molar-refractivity contribution in [1.82, 2.24) is 4.90 Å². The van der Waals surface area contributed by atoms with Crippen molar-refractivity contribution >= 4 is 28.7 Å². The summed E-state index contributed by atoms with van der Waals surface area (Å²) in [6.07, 6.45) is 4.46. The molecule has 4 heteroatoms. The van der Waals surface area contributed by atoms with Crippen molar-refractivity contribution < 1.29 is 9.53 Å². The monoisotopic (exact) mass is 337 g/mol. The van der Waals surface area contributed by atoms with Gasteiger partial charge in [0.2, 0.25) is 0 Å². The molecule has 0 N–H and O–H groups in total. The van der Waals surface area contributed by atoms with Crippen molar-refractivity contribution in [2.45, 2.75) is 61.5 Å². The van der Waals surface area contributed by atoms with Gasteiger partial charge in [0.15, 0.2) is 0 Å². The van der Waals surface area contributed by atoms with Gasteiger partial charge in [-0.05, 0) is 46.5 Å². The summed E-state index contributed by atoms with van der Waals surface area (Å²) in [7, 11) is 0. The number of ether oxygens (including phenoxy) is 1. The van der Waals surface area contributed by atoms with E-state index in [-0.39, 0.29) is 17.2 Å². The zero-order valence-electron chi connectivity index (χ0n) is 10.3. The Hall–Kier alpha value is 0. The van der Waals surface area contributed by atoms with Crippen LogP contribution in [0.4, 0.5) is 4.79 Å². The van der Waals surface area contributed by atoms with Crippen LogP contribution in [0.1, 0.15) is 46.5 Å². The minimum absolute atomic E-state index is 0.117. The van der Waals surface area contributed by atoms with Crippen molar-refractivity contribution in [1.29, 1.82) is 0 Å². The summed E-state index contributed by atoms with van der Waals surface area (Å²) < 4.78 is 6.21. The van der Waals surface area contributed by atoms with Crippen LogP contribution in [0, 0.1) is 0 Å². The van der Waals surface area contributed by atoms with E-state index in [0.29, 0.717) is 0 Å². The van der Waals surface area contributed by atoms with Gasteiger partial charge < -0.3 is 9.64 Å². The molecule has 2 rings (SSSR count). The van der Waals surface area contributed by atoms with E-state index in [4.69, 9.17) is 4.74 Å². The molecule has 2 fully saturated rings. The SMILES string of the molecule is CC(C)(C)OC(=O)N1CCCC12CC(I)C2. The minimum atomic E-state index is -0.381. The molecule has 1 saturated carbocycles. The van der Waals surface area contributed by atoms with E-state index in [1.807, 2.05) is 25.7 Å². The Kier molecular flexibility index (Phi) is 3.14. The van der Waals surface area contributed by atoms with E-state index < -0.39 is 0 Å². The van der Waals surface area contributed by atoms with Gasteiger partial charge in [-0.1, -0.05) is 22.6 Å². The zero-order chi connectivity index (χ0) is 12.0. The van der Waals surface area contributed by atoms with E-state index in [9.17, 15) is 4.79 Å². The third-order valence-electron chi connectivity index (χ3n) is 3.41. The third-order valence-corrected chi connectivity index (χ3v) is 4.29. The first-order valence-corrected chi connectivity index (χ1v) is 7.22. The fraction of sp³-hybridized carbons (Fsp3) is 0.917. The molecule has 2 aliphatic rings. The van der Waals surface area contributed by atoms with Gasteiger partial charge in [-0.15, -0.1) is 0 Å². The predicted molar refractivity (Wildman–Crippen MR) is 71.9 cm³/mol. The molecule has 1 amide bonds. The average molecular weight is 337 g/mol. The van der Waals surface area contributed by atoms with Gasteiger partial charge in [-0.3, -0.25) is 0 Å². The highest BCUT2D eigenvalue weighted by molar-refractivity contribution is 14.1. The molecular formula is C12H20INO2. The molecule has 0 aromatic heterocycles. The fourth-order valence-corrected chi connectivity index (χ4v) is 4.37. The van der Waals surface area contributed by atoms with E-state index >= 15 is 0 Å². The Morgan fingerprint density at radius 1 is 1.44 bits per heavy atom. The first-order chi connectivity index (χ1) is 7.32. The lowest BCUT2D eigenvalue weighted by molar-refractivity contribution is -0.00695. The van der Waals surface area contributed by atoms with Crippen molar-refractivity contribution in [3.8, 4) is 0 Å². The number of hydrogen-bond acceptors (Lipinski definition) is 2. The largest absolute Gasteiger partial charge is 0.444 e. The molecule has 1 heterocycles. The number of carbonyl (C=O) groups is 1. The number of rotatable bonds is 0. The number of likely N-dealkylation sites (tertiary alicyclic amines) is 1. The van der Waals surface area contributed by atoms with Crippen LogP contribution in [0.25, 0.3) is 0 Å². The molecule has 0 unspecified atom stereocenters. The predicted octanol–water partition coefficient (Wildman–Crippen LogP) is 3.35. The van der Waals surface area contributed by atoms with E-state index in [0.717, 1.165) is 36.2 Å². The summed E-state index contributed by atoms with van der Waals surface area (Å²) in [5.41, 5.74) is -0.234. The summed E-state index contributed by atoms with van der Waals surface area (Å²) in [5.74, 6) is 0. The summed E-state index contributed by atoms with van der Waals surface area (Å²) in [5, 5.41) is 0. The Bertz CT molecular complexity index is 292. The lowest BCUT2D eigenvalue weighted by Crippen LogP contribution is -2.57. The van der Waals surface area contributed by atoms with E-state index in [1.165, 1.54) is 0 Å². The topological polar surface area (TPSA) is 29.5 Å². The standard InChI is InChI=1S/C12H20INO2/c1-11(2,3)16-10(15)14-6-4-5-12(14)7-9(13)8-12/h9H,4-8H2,1-3H3. The maximum absolute atomic E-state index is 12.1. The molecule has 92 valence electrons. The molecular weight excluding hydrogens is 317 g/mol. The molecule has 0 aromatic rings. The normalized spacial score (nSPS) is 34.0. The van der Waals surface area contributed by atoms with Crippen molar-refractivity contribution in [3.63, 3.8) is 0 Å². The van der Waals surface area contributed by atoms with Crippen LogP contribution in [-0.4, -0.2) is 32.6 Å². The van der Waals surface area contributed by atoms with Crippen LogP contribution in [-0.2, 0) is 4.74 Å². The lowest BCUT2D eigenvalue weighted by atomic mass is 9.75. The van der Waals surface area contributed by atoms with Gasteiger partial charge in [0.1, 0.15) is 5.60 Å². The Labute approximate surface area is 111 Å². The molecule has 0 aromatic carbocycles. The molecule has 0 radical (unpaired) electrons. The van der Waals surface area contributed by atoms with Crippen LogP contribution >= 0.6 is 22.6 Å². The molecule has 16 heavy (non-hydrogen) atoms. The van der Waals surface area contributed by atoms with Gasteiger partial charge >= 0.3 is 6.09 Å². The Morgan fingerprint density at radius 3 is 2.56 bits per heavy atom. The van der Waals surface area contributed by atoms with Gasteiger partial charge in [-0.2, -0.15) is 0 Å². The number of alkyl halides is 1. The van der Waals surface area contributed by atoms with Crippen LogP contribution in [0.5, 0.6) is 0 Å². The van der Waals surface area contributed by atoms with Crippen LogP contribution < -0.4 is 0 Å². The Morgan fingerprint density at radius 2 is 2.06 bits per heavy atom. The number of amides is 1. The summed E-state index contributed by atoms with van der Waals surface area (Å²) in [4.78, 5) is 14.1. The van der Waals surface area contributed by atoms with Gasteiger partial charge in [0.05, 0.1) is 0 Å². The van der Waals surface area contributed by atoms with Crippen LogP contribution in [0.15, 0.2) is 0 Å². The van der Waals surface area contributed by atoms with Gasteiger partial charge in [-0.25, -0.2) is 4.79 Å². The van der Waals surface area contributed by atoms with Crippen molar-refractivity contribution in [2.24, 2.45) is 0 Å². The number of carbonyl (C=O) groups excluding carboxylic acids is 1. The number of halogens is 1. The second-order valence-electron chi connectivity index (χ2n) is 5.97. The fourth-order valence-electron chi connectivity index (χ4n) is 2.73. The number of nitrogens with zero attached hydrogens (tertiary/aromatic N) is 1. The highest BCUT2D eigenvalue weighted by Gasteiger charge is 2.52. The average Bonchev–Trinajstić information content (AvgIpc) is 2.44. The van der Waals surface area contributed by atoms with Crippen molar-refractivity contribution in [3.05, 3.63) is 0 Å².